The lowest BCUT2D eigenvalue weighted by Crippen LogP contribution is -2.32. The van der Waals surface area contributed by atoms with E-state index in [0.717, 1.165) is 16.8 Å². The molecule has 268 valence electrons. The van der Waals surface area contributed by atoms with Crippen molar-refractivity contribution in [2.75, 3.05) is 0 Å². The molecule has 1 spiro atoms. The quantitative estimate of drug-likeness (QED) is 0.163. The zero-order valence-corrected chi connectivity index (χ0v) is 32.2. The van der Waals surface area contributed by atoms with E-state index in [1.807, 2.05) is 11.8 Å². The highest BCUT2D eigenvalue weighted by molar-refractivity contribution is 7.99. The topological polar surface area (TPSA) is 12.9 Å². The molecule has 0 saturated heterocycles. The summed E-state index contributed by atoms with van der Waals surface area (Å²) in [6.45, 7) is 0. The van der Waals surface area contributed by atoms with Gasteiger partial charge in [-0.1, -0.05) is 182 Å². The first-order valence-electron chi connectivity index (χ1n) is 20.0. The van der Waals surface area contributed by atoms with E-state index in [0.29, 0.717) is 0 Å². The molecule has 2 heteroatoms. The number of benzene rings is 10. The van der Waals surface area contributed by atoms with Gasteiger partial charge in [-0.15, -0.1) is 0 Å². The summed E-state index contributed by atoms with van der Waals surface area (Å²) in [7, 11) is 0. The van der Waals surface area contributed by atoms with Crippen LogP contribution in [0.4, 0.5) is 0 Å². The van der Waals surface area contributed by atoms with E-state index in [9.17, 15) is 0 Å². The predicted molar refractivity (Wildman–Crippen MR) is 244 cm³/mol. The average molecular weight is 752 g/mol. The maximum atomic E-state index is 5.42. The number of aromatic nitrogens is 1. The highest BCUT2D eigenvalue weighted by atomic mass is 32.2. The summed E-state index contributed by atoms with van der Waals surface area (Å²) in [5, 5.41) is 11.3. The Hall–Kier alpha value is -7.00. The highest BCUT2D eigenvalue weighted by Gasteiger charge is 2.50. The van der Waals surface area contributed by atoms with Gasteiger partial charge in [0.2, 0.25) is 0 Å². The molecular formula is C56H33NS. The molecule has 0 amide bonds. The number of hydrogen-bond donors (Lipinski definition) is 0. The van der Waals surface area contributed by atoms with Gasteiger partial charge in [-0.05, 0) is 113 Å². The standard InChI is InChI=1S/C56H33NS/c1-2-15-39-37(13-1)38-14-3-4-16-40(38)45-31-36(29-30-41(39)45)34-25-27-35(28-26-34)55-47-33-54-51(32-46(47)44-19-7-11-23-52(44)57-55)56(50-22-10-12-24-53(50)58-54)48-20-8-5-17-42(48)43-18-6-9-21-49(43)56/h1-33H. The number of pyridine rings is 1. The van der Waals surface area contributed by atoms with Crippen LogP contribution in [-0.4, -0.2) is 4.98 Å². The Morgan fingerprint density at radius 1 is 0.310 bits per heavy atom. The van der Waals surface area contributed by atoms with Gasteiger partial charge in [-0.25, -0.2) is 4.98 Å². The molecule has 1 aromatic heterocycles. The third-order valence-electron chi connectivity index (χ3n) is 12.9. The van der Waals surface area contributed by atoms with Crippen molar-refractivity contribution in [2.45, 2.75) is 15.2 Å². The SMILES string of the molecule is c1ccc2c(c1)Sc1cc3c(-c4ccc(-c5ccc6c7ccccc7c7ccccc7c6c5)cc4)nc4ccccc4c3cc1C21c2ccccc2-c2ccccc21. The Bertz CT molecular complexity index is 3460. The lowest BCUT2D eigenvalue weighted by atomic mass is 9.67. The molecule has 58 heavy (non-hydrogen) atoms. The number of nitrogens with zero attached hydrogens (tertiary/aromatic N) is 1. The van der Waals surface area contributed by atoms with Crippen LogP contribution in [0.25, 0.3) is 87.5 Å². The smallest absolute Gasteiger partial charge is 0.0788 e. The van der Waals surface area contributed by atoms with Crippen molar-refractivity contribution in [2.24, 2.45) is 0 Å². The zero-order chi connectivity index (χ0) is 38.0. The summed E-state index contributed by atoms with van der Waals surface area (Å²) >= 11 is 1.89. The van der Waals surface area contributed by atoms with E-state index >= 15 is 0 Å². The molecule has 11 aromatic rings. The first kappa shape index (κ1) is 32.1. The second-order valence-corrected chi connectivity index (χ2v) is 16.8. The van der Waals surface area contributed by atoms with Crippen LogP contribution in [0, 0.1) is 0 Å². The van der Waals surface area contributed by atoms with Crippen LogP contribution in [0.3, 0.4) is 0 Å². The van der Waals surface area contributed by atoms with E-state index in [1.54, 1.807) is 0 Å². The maximum absolute atomic E-state index is 5.42. The lowest BCUT2D eigenvalue weighted by molar-refractivity contribution is 0.724. The van der Waals surface area contributed by atoms with Crippen LogP contribution in [0.2, 0.25) is 0 Å². The Kier molecular flexibility index (Phi) is 6.65. The summed E-state index contributed by atoms with van der Waals surface area (Å²) in [6, 6.07) is 74.4. The second-order valence-electron chi connectivity index (χ2n) is 15.7. The van der Waals surface area contributed by atoms with Gasteiger partial charge in [0, 0.05) is 26.1 Å². The third kappa shape index (κ3) is 4.30. The second kappa shape index (κ2) is 12.0. The molecule has 0 unspecified atom stereocenters. The van der Waals surface area contributed by atoms with Crippen molar-refractivity contribution in [3.05, 3.63) is 222 Å². The minimum Gasteiger partial charge on any atom is -0.247 e. The molecule has 0 radical (unpaired) electrons. The van der Waals surface area contributed by atoms with Gasteiger partial charge in [-0.2, -0.15) is 0 Å². The normalized spacial score (nSPS) is 13.6. The average Bonchev–Trinajstić information content (AvgIpc) is 3.59. The molecule has 0 N–H and O–H groups in total. The fourth-order valence-electron chi connectivity index (χ4n) is 10.4. The Labute approximate surface area is 340 Å². The Morgan fingerprint density at radius 3 is 1.50 bits per heavy atom. The summed E-state index contributed by atoms with van der Waals surface area (Å²) in [4.78, 5) is 8.01. The number of hydrogen-bond acceptors (Lipinski definition) is 2. The molecule has 0 fully saturated rings. The van der Waals surface area contributed by atoms with Gasteiger partial charge in [0.1, 0.15) is 0 Å². The molecule has 1 aliphatic heterocycles. The summed E-state index contributed by atoms with van der Waals surface area (Å²) in [6.07, 6.45) is 0. The molecule has 0 atom stereocenters. The van der Waals surface area contributed by atoms with E-state index in [4.69, 9.17) is 4.98 Å². The minimum atomic E-state index is -0.428. The van der Waals surface area contributed by atoms with Gasteiger partial charge in [-0.3, -0.25) is 0 Å². The van der Waals surface area contributed by atoms with E-state index in [2.05, 4.69) is 200 Å². The van der Waals surface area contributed by atoms with Gasteiger partial charge >= 0.3 is 0 Å². The molecule has 13 rings (SSSR count). The van der Waals surface area contributed by atoms with E-state index < -0.39 is 5.41 Å². The first-order chi connectivity index (χ1) is 28.8. The monoisotopic (exact) mass is 751 g/mol. The zero-order valence-electron chi connectivity index (χ0n) is 31.4. The van der Waals surface area contributed by atoms with Crippen LogP contribution in [0.1, 0.15) is 22.3 Å². The molecule has 2 heterocycles. The maximum Gasteiger partial charge on any atom is 0.0788 e. The van der Waals surface area contributed by atoms with Crippen LogP contribution >= 0.6 is 11.8 Å². The van der Waals surface area contributed by atoms with Gasteiger partial charge in [0.15, 0.2) is 0 Å². The predicted octanol–water partition coefficient (Wildman–Crippen LogP) is 15.0. The summed E-state index contributed by atoms with van der Waals surface area (Å²) in [5.74, 6) is 0. The van der Waals surface area contributed by atoms with E-state index in [-0.39, 0.29) is 0 Å². The minimum absolute atomic E-state index is 0.428. The van der Waals surface area contributed by atoms with Gasteiger partial charge in [0.05, 0.1) is 16.6 Å². The molecule has 0 saturated carbocycles. The molecular weight excluding hydrogens is 719 g/mol. The molecule has 10 aromatic carbocycles. The fraction of sp³-hybridized carbons (Fsp3) is 0.0179. The fourth-order valence-corrected chi connectivity index (χ4v) is 11.6. The van der Waals surface area contributed by atoms with Crippen LogP contribution in [0.5, 0.6) is 0 Å². The largest absolute Gasteiger partial charge is 0.247 e. The number of fused-ring (bicyclic) bond motifs is 18. The van der Waals surface area contributed by atoms with Crippen molar-refractivity contribution in [1.29, 1.82) is 0 Å². The first-order valence-corrected chi connectivity index (χ1v) is 20.9. The Balaban J connectivity index is 1.02. The van der Waals surface area contributed by atoms with Gasteiger partial charge in [0.25, 0.3) is 0 Å². The van der Waals surface area contributed by atoms with Crippen LogP contribution in [0.15, 0.2) is 210 Å². The Morgan fingerprint density at radius 2 is 0.810 bits per heavy atom. The number of rotatable bonds is 2. The van der Waals surface area contributed by atoms with Crippen molar-refractivity contribution in [3.8, 4) is 33.5 Å². The third-order valence-corrected chi connectivity index (χ3v) is 14.0. The molecule has 1 aliphatic carbocycles. The van der Waals surface area contributed by atoms with E-state index in [1.165, 1.54) is 103 Å². The molecule has 0 bridgehead atoms. The summed E-state index contributed by atoms with van der Waals surface area (Å²) < 4.78 is 0. The molecule has 1 nitrogen and oxygen atoms in total. The van der Waals surface area contributed by atoms with Crippen molar-refractivity contribution >= 4 is 65.8 Å². The summed E-state index contributed by atoms with van der Waals surface area (Å²) in [5.41, 5.74) is 13.2. The van der Waals surface area contributed by atoms with Crippen LogP contribution < -0.4 is 0 Å². The molecule has 2 aliphatic rings. The van der Waals surface area contributed by atoms with Crippen LogP contribution in [-0.2, 0) is 5.41 Å². The van der Waals surface area contributed by atoms with Crippen molar-refractivity contribution in [3.63, 3.8) is 0 Å². The number of para-hydroxylation sites is 1. The van der Waals surface area contributed by atoms with Crippen molar-refractivity contribution in [1.82, 2.24) is 4.98 Å². The van der Waals surface area contributed by atoms with Crippen molar-refractivity contribution < 1.29 is 0 Å². The lowest BCUT2D eigenvalue weighted by Gasteiger charge is -2.40. The highest BCUT2D eigenvalue weighted by Crippen LogP contribution is 2.62. The van der Waals surface area contributed by atoms with Gasteiger partial charge < -0.3 is 0 Å².